The maximum Gasteiger partial charge on any atom is 0.132 e. The van der Waals surface area contributed by atoms with Crippen molar-refractivity contribution < 1.29 is 23.0 Å². The van der Waals surface area contributed by atoms with E-state index in [2.05, 4.69) is 5.32 Å². The lowest BCUT2D eigenvalue weighted by atomic mass is 9.87. The van der Waals surface area contributed by atoms with Crippen LogP contribution in [0.3, 0.4) is 0 Å². The number of halogens is 2. The van der Waals surface area contributed by atoms with Crippen molar-refractivity contribution in [1.29, 1.82) is 0 Å². The molecule has 1 aliphatic heterocycles. The van der Waals surface area contributed by atoms with Gasteiger partial charge in [-0.15, -0.1) is 0 Å². The lowest BCUT2D eigenvalue weighted by molar-refractivity contribution is -0.177. The first-order chi connectivity index (χ1) is 16.2. The van der Waals surface area contributed by atoms with Crippen LogP contribution >= 0.6 is 0 Å². The van der Waals surface area contributed by atoms with Crippen LogP contribution in [-0.4, -0.2) is 17.8 Å². The third-order valence-corrected chi connectivity index (χ3v) is 5.77. The molecule has 0 amide bonds. The fourth-order valence-corrected chi connectivity index (χ4v) is 4.23. The van der Waals surface area contributed by atoms with E-state index >= 15 is 0 Å². The van der Waals surface area contributed by atoms with Crippen LogP contribution < -0.4 is 10.1 Å². The summed E-state index contributed by atoms with van der Waals surface area (Å²) in [7, 11) is 0. The lowest BCUT2D eigenvalue weighted by Crippen LogP contribution is -2.51. The summed E-state index contributed by atoms with van der Waals surface area (Å²) in [6, 6.07) is 18.8. The lowest BCUT2D eigenvalue weighted by Gasteiger charge is -2.45. The molecule has 0 aromatic heterocycles. The van der Waals surface area contributed by atoms with Crippen LogP contribution in [0.15, 0.2) is 66.7 Å². The molecule has 3 aromatic carbocycles. The molecule has 3 aromatic rings. The monoisotopic (exact) mass is 467 g/mol. The van der Waals surface area contributed by atoms with Gasteiger partial charge in [0.1, 0.15) is 35.2 Å². The quantitative estimate of drug-likeness (QED) is 0.396. The molecule has 0 saturated heterocycles. The van der Waals surface area contributed by atoms with E-state index in [4.69, 9.17) is 14.2 Å². The third-order valence-electron chi connectivity index (χ3n) is 5.77. The van der Waals surface area contributed by atoms with Crippen molar-refractivity contribution in [2.24, 2.45) is 0 Å². The Bertz CT molecular complexity index is 1130. The van der Waals surface area contributed by atoms with Gasteiger partial charge in [0.2, 0.25) is 0 Å². The zero-order valence-corrected chi connectivity index (χ0v) is 20.0. The first-order valence-corrected chi connectivity index (χ1v) is 11.5. The molecule has 0 saturated carbocycles. The number of nitrogens with one attached hydrogen (secondary N) is 1. The predicted molar refractivity (Wildman–Crippen MR) is 129 cm³/mol. The van der Waals surface area contributed by atoms with Gasteiger partial charge in [-0.2, -0.15) is 0 Å². The van der Waals surface area contributed by atoms with Gasteiger partial charge in [-0.25, -0.2) is 8.78 Å². The van der Waals surface area contributed by atoms with E-state index in [1.54, 1.807) is 12.1 Å². The molecule has 4 rings (SSSR count). The maximum absolute atomic E-state index is 13.7. The molecule has 180 valence electrons. The van der Waals surface area contributed by atoms with E-state index in [0.717, 1.165) is 28.1 Å². The van der Waals surface area contributed by atoms with Gasteiger partial charge in [-0.3, -0.25) is 0 Å². The Balaban J connectivity index is 1.59. The first-order valence-electron chi connectivity index (χ1n) is 11.5. The van der Waals surface area contributed by atoms with Crippen molar-refractivity contribution in [3.63, 3.8) is 0 Å². The van der Waals surface area contributed by atoms with Crippen molar-refractivity contribution in [1.82, 2.24) is 0 Å². The highest BCUT2D eigenvalue weighted by atomic mass is 19.1. The Morgan fingerprint density at radius 2 is 1.62 bits per heavy atom. The van der Waals surface area contributed by atoms with Gasteiger partial charge in [0.05, 0.1) is 12.7 Å². The Morgan fingerprint density at radius 3 is 2.29 bits per heavy atom. The maximum atomic E-state index is 13.7. The largest absolute Gasteiger partial charge is 0.485 e. The van der Waals surface area contributed by atoms with Crippen LogP contribution in [-0.2, 0) is 22.6 Å². The average Bonchev–Trinajstić information content (AvgIpc) is 2.77. The standard InChI is InChI=1S/C28H31F2NO3/c1-18(2)33-26-24-15-23(31-16-19-7-5-9-21(29)13-19)11-12-25(24)34-28(3,4)27(26)32-17-20-8-6-10-22(30)14-20/h5-15,18,26-27,31H,16-17H2,1-4H3. The van der Waals surface area contributed by atoms with Gasteiger partial charge in [0.15, 0.2) is 0 Å². The van der Waals surface area contributed by atoms with Crippen LogP contribution in [0.5, 0.6) is 5.75 Å². The summed E-state index contributed by atoms with van der Waals surface area (Å²) in [5, 5.41) is 3.35. The van der Waals surface area contributed by atoms with Crippen LogP contribution in [0.1, 0.15) is 50.5 Å². The Kier molecular flexibility index (Phi) is 7.19. The SMILES string of the molecule is CC(C)OC1c2cc(NCc3cccc(F)c3)ccc2OC(C)(C)C1OCc1cccc(F)c1. The zero-order chi connectivity index (χ0) is 24.3. The summed E-state index contributed by atoms with van der Waals surface area (Å²) in [6.07, 6.45) is -0.858. The molecule has 0 spiro atoms. The minimum absolute atomic E-state index is 0.0454. The van der Waals surface area contributed by atoms with Crippen molar-refractivity contribution in [3.05, 3.63) is 95.1 Å². The molecule has 1 heterocycles. The summed E-state index contributed by atoms with van der Waals surface area (Å²) in [5.41, 5.74) is 2.67. The van der Waals surface area contributed by atoms with Crippen molar-refractivity contribution >= 4 is 5.69 Å². The average molecular weight is 468 g/mol. The van der Waals surface area contributed by atoms with Crippen LogP contribution in [0.25, 0.3) is 0 Å². The number of anilines is 1. The second kappa shape index (κ2) is 10.1. The van der Waals surface area contributed by atoms with Gasteiger partial charge in [-0.1, -0.05) is 24.3 Å². The molecule has 6 heteroatoms. The number of benzene rings is 3. The molecule has 2 unspecified atom stereocenters. The van der Waals surface area contributed by atoms with Crippen molar-refractivity contribution in [2.45, 2.75) is 64.8 Å². The predicted octanol–water partition coefficient (Wildman–Crippen LogP) is 6.80. The normalized spacial score (nSPS) is 18.9. The number of fused-ring (bicyclic) bond motifs is 1. The summed E-state index contributed by atoms with van der Waals surface area (Å²) >= 11 is 0. The number of ether oxygens (including phenoxy) is 3. The van der Waals surface area contributed by atoms with Crippen molar-refractivity contribution in [3.8, 4) is 5.75 Å². The zero-order valence-electron chi connectivity index (χ0n) is 20.0. The fraction of sp³-hybridized carbons (Fsp3) is 0.357. The molecular weight excluding hydrogens is 436 g/mol. The summed E-state index contributed by atoms with van der Waals surface area (Å²) in [4.78, 5) is 0. The second-order valence-electron chi connectivity index (χ2n) is 9.41. The number of hydrogen-bond acceptors (Lipinski definition) is 4. The summed E-state index contributed by atoms with van der Waals surface area (Å²) < 4.78 is 46.2. The van der Waals surface area contributed by atoms with Gasteiger partial charge < -0.3 is 19.5 Å². The van der Waals surface area contributed by atoms with E-state index in [9.17, 15) is 8.78 Å². The van der Waals surface area contributed by atoms with E-state index in [0.29, 0.717) is 6.54 Å². The molecule has 34 heavy (non-hydrogen) atoms. The Hall–Kier alpha value is -2.96. The minimum atomic E-state index is -0.670. The smallest absolute Gasteiger partial charge is 0.132 e. The summed E-state index contributed by atoms with van der Waals surface area (Å²) in [6.45, 7) is 8.63. The van der Waals surface area contributed by atoms with Gasteiger partial charge in [-0.05, 0) is 81.3 Å². The van der Waals surface area contributed by atoms with Gasteiger partial charge >= 0.3 is 0 Å². The molecule has 0 bridgehead atoms. The number of hydrogen-bond donors (Lipinski definition) is 1. The van der Waals surface area contributed by atoms with Gasteiger partial charge in [0, 0.05) is 17.8 Å². The highest BCUT2D eigenvalue weighted by Crippen LogP contribution is 2.45. The molecule has 1 aliphatic rings. The fourth-order valence-electron chi connectivity index (χ4n) is 4.23. The van der Waals surface area contributed by atoms with Crippen LogP contribution in [0.2, 0.25) is 0 Å². The molecule has 0 fully saturated rings. The topological polar surface area (TPSA) is 39.7 Å². The highest BCUT2D eigenvalue weighted by molar-refractivity contribution is 5.54. The first kappa shape index (κ1) is 24.2. The van der Waals surface area contributed by atoms with Crippen LogP contribution in [0, 0.1) is 11.6 Å². The summed E-state index contributed by atoms with van der Waals surface area (Å²) in [5.74, 6) is 0.177. The highest BCUT2D eigenvalue weighted by Gasteiger charge is 2.46. The van der Waals surface area contributed by atoms with Crippen LogP contribution in [0.4, 0.5) is 14.5 Å². The molecule has 1 N–H and O–H groups in total. The Morgan fingerprint density at radius 1 is 0.941 bits per heavy atom. The van der Waals surface area contributed by atoms with Crippen molar-refractivity contribution in [2.75, 3.05) is 5.32 Å². The van der Waals surface area contributed by atoms with E-state index in [-0.39, 0.29) is 30.4 Å². The van der Waals surface area contributed by atoms with E-state index < -0.39 is 11.7 Å². The Labute approximate surface area is 199 Å². The van der Waals surface area contributed by atoms with E-state index in [1.807, 2.05) is 58.0 Å². The molecular formula is C28H31F2NO3. The third kappa shape index (κ3) is 5.75. The van der Waals surface area contributed by atoms with Gasteiger partial charge in [0.25, 0.3) is 0 Å². The minimum Gasteiger partial charge on any atom is -0.485 e. The second-order valence-corrected chi connectivity index (χ2v) is 9.41. The molecule has 2 atom stereocenters. The van der Waals surface area contributed by atoms with E-state index in [1.165, 1.54) is 24.3 Å². The molecule has 4 nitrogen and oxygen atoms in total. The molecule has 0 aliphatic carbocycles. The molecule has 0 radical (unpaired) electrons. The number of rotatable bonds is 8.